The minimum Gasteiger partial charge on any atom is -0.493 e. The summed E-state index contributed by atoms with van der Waals surface area (Å²) in [5, 5.41) is 0.401. The largest absolute Gasteiger partial charge is 0.493 e. The number of carbonyl (C=O) groups excluding carboxylic acids is 1. The predicted octanol–water partition coefficient (Wildman–Crippen LogP) is 3.03. The first kappa shape index (κ1) is 12.6. The van der Waals surface area contributed by atoms with Crippen LogP contribution in [0.3, 0.4) is 0 Å². The third-order valence-electron chi connectivity index (χ3n) is 1.95. The van der Waals surface area contributed by atoms with Gasteiger partial charge in [0.2, 0.25) is 0 Å². The first-order valence-electron chi connectivity index (χ1n) is 4.69. The van der Waals surface area contributed by atoms with Gasteiger partial charge in [0.1, 0.15) is 6.61 Å². The molecule has 0 aromatic heterocycles. The Labute approximate surface area is 99.6 Å². The van der Waals surface area contributed by atoms with E-state index in [1.54, 1.807) is 18.2 Å². The highest BCUT2D eigenvalue weighted by atomic mass is 35.5. The molecule has 0 amide bonds. The van der Waals surface area contributed by atoms with Crippen molar-refractivity contribution in [3.05, 3.63) is 35.4 Å². The smallest absolute Gasteiger partial charge is 0.161 e. The quantitative estimate of drug-likeness (QED) is 0.742. The fourth-order valence-electron chi connectivity index (χ4n) is 1.16. The molecule has 1 aromatic rings. The molecule has 0 spiro atoms. The maximum Gasteiger partial charge on any atom is 0.161 e. The lowest BCUT2D eigenvalue weighted by atomic mass is 10.1. The van der Waals surface area contributed by atoms with Gasteiger partial charge in [-0.2, -0.15) is 0 Å². The molecule has 0 N–H and O–H groups in total. The molecule has 1 aromatic carbocycles. The maximum absolute atomic E-state index is 11.2. The van der Waals surface area contributed by atoms with E-state index in [1.165, 1.54) is 14.0 Å². The molecular formula is C12H13ClO3. The van der Waals surface area contributed by atoms with E-state index in [4.69, 9.17) is 21.1 Å². The van der Waals surface area contributed by atoms with Gasteiger partial charge in [0.05, 0.1) is 7.11 Å². The van der Waals surface area contributed by atoms with Crippen molar-refractivity contribution in [2.75, 3.05) is 13.7 Å². The molecule has 86 valence electrons. The number of carbonyl (C=O) groups is 1. The van der Waals surface area contributed by atoms with Crippen molar-refractivity contribution in [3.8, 4) is 11.5 Å². The lowest BCUT2D eigenvalue weighted by molar-refractivity contribution is 0.101. The van der Waals surface area contributed by atoms with Crippen molar-refractivity contribution in [2.45, 2.75) is 6.92 Å². The first-order valence-corrected chi connectivity index (χ1v) is 5.07. The van der Waals surface area contributed by atoms with Gasteiger partial charge in [-0.25, -0.2) is 0 Å². The van der Waals surface area contributed by atoms with Crippen LogP contribution in [0.15, 0.2) is 29.8 Å². The summed E-state index contributed by atoms with van der Waals surface area (Å²) >= 11 is 5.59. The van der Waals surface area contributed by atoms with E-state index in [9.17, 15) is 4.79 Å². The second kappa shape index (κ2) is 5.56. The molecule has 0 saturated carbocycles. The van der Waals surface area contributed by atoms with Crippen LogP contribution in [0.1, 0.15) is 17.3 Å². The van der Waals surface area contributed by atoms with Crippen LogP contribution in [-0.4, -0.2) is 19.5 Å². The van der Waals surface area contributed by atoms with Gasteiger partial charge in [0.15, 0.2) is 17.3 Å². The van der Waals surface area contributed by atoms with Gasteiger partial charge < -0.3 is 9.47 Å². The number of Topliss-reactive ketones (excluding diaryl/α,β-unsaturated/α-hetero) is 1. The van der Waals surface area contributed by atoms with Crippen LogP contribution in [-0.2, 0) is 0 Å². The molecule has 3 nitrogen and oxygen atoms in total. The van der Waals surface area contributed by atoms with Gasteiger partial charge in [-0.05, 0) is 25.1 Å². The Bertz CT molecular complexity index is 413. The Morgan fingerprint density at radius 1 is 1.44 bits per heavy atom. The highest BCUT2D eigenvalue weighted by Crippen LogP contribution is 2.28. The summed E-state index contributed by atoms with van der Waals surface area (Å²) in [6.07, 6.45) is 0. The minimum atomic E-state index is -0.0217. The van der Waals surface area contributed by atoms with Gasteiger partial charge in [0, 0.05) is 10.6 Å². The fraction of sp³-hybridized carbons (Fsp3) is 0.250. The summed E-state index contributed by atoms with van der Waals surface area (Å²) in [5.74, 6) is 1.02. The molecule has 0 radical (unpaired) electrons. The van der Waals surface area contributed by atoms with Crippen molar-refractivity contribution >= 4 is 17.4 Å². The van der Waals surface area contributed by atoms with E-state index in [1.807, 2.05) is 0 Å². The van der Waals surface area contributed by atoms with Crippen molar-refractivity contribution in [1.29, 1.82) is 0 Å². The van der Waals surface area contributed by atoms with E-state index >= 15 is 0 Å². The van der Waals surface area contributed by atoms with Crippen LogP contribution in [0.2, 0.25) is 0 Å². The van der Waals surface area contributed by atoms with Crippen molar-refractivity contribution in [2.24, 2.45) is 0 Å². The summed E-state index contributed by atoms with van der Waals surface area (Å²) < 4.78 is 10.5. The average Bonchev–Trinajstić information content (AvgIpc) is 2.25. The maximum atomic E-state index is 11.2. The number of ketones is 1. The molecular weight excluding hydrogens is 228 g/mol. The van der Waals surface area contributed by atoms with Gasteiger partial charge in [-0.15, -0.1) is 0 Å². The number of hydrogen-bond donors (Lipinski definition) is 0. The summed E-state index contributed by atoms with van der Waals surface area (Å²) in [7, 11) is 1.52. The minimum absolute atomic E-state index is 0.0217. The van der Waals surface area contributed by atoms with E-state index in [0.717, 1.165) is 0 Å². The number of methoxy groups -OCH3 is 1. The van der Waals surface area contributed by atoms with Crippen LogP contribution in [0.4, 0.5) is 0 Å². The predicted molar refractivity (Wildman–Crippen MR) is 63.5 cm³/mol. The molecule has 0 aliphatic heterocycles. The topological polar surface area (TPSA) is 35.5 Å². The van der Waals surface area contributed by atoms with Gasteiger partial charge in [-0.3, -0.25) is 4.79 Å². The second-order valence-corrected chi connectivity index (χ2v) is 3.76. The molecule has 0 bridgehead atoms. The standard InChI is InChI=1S/C12H13ClO3/c1-8(13)7-16-11-5-4-10(9(2)14)6-12(11)15-3/h4-6H,1,7H2,2-3H3. The van der Waals surface area contributed by atoms with Crippen LogP contribution < -0.4 is 9.47 Å². The summed E-state index contributed by atoms with van der Waals surface area (Å²) in [5.41, 5.74) is 0.578. The fourth-order valence-corrected chi connectivity index (χ4v) is 1.22. The normalized spacial score (nSPS) is 9.69. The van der Waals surface area contributed by atoms with Crippen molar-refractivity contribution in [1.82, 2.24) is 0 Å². The van der Waals surface area contributed by atoms with E-state index < -0.39 is 0 Å². The molecule has 16 heavy (non-hydrogen) atoms. The molecule has 0 aliphatic rings. The monoisotopic (exact) mass is 240 g/mol. The SMILES string of the molecule is C=C(Cl)COc1ccc(C(C)=O)cc1OC. The molecule has 0 heterocycles. The number of benzene rings is 1. The Morgan fingerprint density at radius 2 is 2.12 bits per heavy atom. The summed E-state index contributed by atoms with van der Waals surface area (Å²) in [6, 6.07) is 4.99. The number of hydrogen-bond acceptors (Lipinski definition) is 3. The number of halogens is 1. The zero-order chi connectivity index (χ0) is 12.1. The van der Waals surface area contributed by atoms with Crippen LogP contribution in [0.5, 0.6) is 11.5 Å². The molecule has 0 unspecified atom stereocenters. The summed E-state index contributed by atoms with van der Waals surface area (Å²) in [6.45, 7) is 5.22. The highest BCUT2D eigenvalue weighted by molar-refractivity contribution is 6.29. The molecule has 0 aliphatic carbocycles. The van der Waals surface area contributed by atoms with E-state index in [2.05, 4.69) is 6.58 Å². The first-order chi connectivity index (χ1) is 7.54. The average molecular weight is 241 g/mol. The third kappa shape index (κ3) is 3.28. The number of ether oxygens (including phenoxy) is 2. The van der Waals surface area contributed by atoms with Crippen molar-refractivity contribution < 1.29 is 14.3 Å². The second-order valence-electron chi connectivity index (χ2n) is 3.23. The van der Waals surface area contributed by atoms with Gasteiger partial charge in [0.25, 0.3) is 0 Å². The lowest BCUT2D eigenvalue weighted by Gasteiger charge is -2.10. The van der Waals surface area contributed by atoms with Crippen LogP contribution in [0, 0.1) is 0 Å². The third-order valence-corrected chi connectivity index (χ3v) is 2.06. The number of rotatable bonds is 5. The zero-order valence-electron chi connectivity index (χ0n) is 9.25. The van der Waals surface area contributed by atoms with Gasteiger partial charge in [-0.1, -0.05) is 18.2 Å². The highest BCUT2D eigenvalue weighted by Gasteiger charge is 2.08. The zero-order valence-corrected chi connectivity index (χ0v) is 10.0. The molecule has 1 rings (SSSR count). The Hall–Kier alpha value is -1.48. The van der Waals surface area contributed by atoms with Crippen LogP contribution >= 0.6 is 11.6 Å². The van der Waals surface area contributed by atoms with E-state index in [-0.39, 0.29) is 12.4 Å². The molecule has 0 saturated heterocycles. The Balaban J connectivity index is 2.93. The van der Waals surface area contributed by atoms with E-state index in [0.29, 0.717) is 22.1 Å². The van der Waals surface area contributed by atoms with Gasteiger partial charge >= 0.3 is 0 Å². The van der Waals surface area contributed by atoms with Crippen molar-refractivity contribution in [3.63, 3.8) is 0 Å². The van der Waals surface area contributed by atoms with Crippen LogP contribution in [0.25, 0.3) is 0 Å². The molecule has 0 fully saturated rings. The molecule has 0 atom stereocenters. The Kier molecular flexibility index (Phi) is 4.38. The molecule has 4 heteroatoms. The summed E-state index contributed by atoms with van der Waals surface area (Å²) in [4.78, 5) is 11.2. The lowest BCUT2D eigenvalue weighted by Crippen LogP contribution is -2.00. The Morgan fingerprint density at radius 3 is 2.62 bits per heavy atom.